The molecule has 1 aromatic carbocycles. The summed E-state index contributed by atoms with van der Waals surface area (Å²) in [5, 5.41) is 4.26. The highest BCUT2D eigenvalue weighted by Gasteiger charge is 2.15. The highest BCUT2D eigenvalue weighted by atomic mass is 32.2. The maximum atomic E-state index is 5.40. The van der Waals surface area contributed by atoms with Crippen molar-refractivity contribution in [3.05, 3.63) is 23.8 Å². The maximum Gasteiger partial charge on any atom is 0.231 e. The van der Waals surface area contributed by atoms with Crippen molar-refractivity contribution in [2.45, 2.75) is 31.6 Å². The van der Waals surface area contributed by atoms with E-state index in [1.165, 1.54) is 12.0 Å². The van der Waals surface area contributed by atoms with Gasteiger partial charge in [0.05, 0.1) is 0 Å². The van der Waals surface area contributed by atoms with Crippen LogP contribution in [0.3, 0.4) is 0 Å². The van der Waals surface area contributed by atoms with Crippen LogP contribution in [0.5, 0.6) is 11.5 Å². The first-order chi connectivity index (χ1) is 8.70. The van der Waals surface area contributed by atoms with E-state index < -0.39 is 0 Å². The molecule has 1 N–H and O–H groups in total. The lowest BCUT2D eigenvalue weighted by Crippen LogP contribution is -2.21. The summed E-state index contributed by atoms with van der Waals surface area (Å²) >= 11 is 1.91. The standard InChI is InChI=1S/C14H21NO2S/c1-10(18-3)6-7-15-11(2)12-4-5-13-14(8-12)17-9-16-13/h4-5,8,10-11,15H,6-7,9H2,1-3H3. The monoisotopic (exact) mass is 267 g/mol. The summed E-state index contributed by atoms with van der Waals surface area (Å²) in [6, 6.07) is 6.50. The molecule has 0 aliphatic carbocycles. The third-order valence-corrected chi connectivity index (χ3v) is 4.34. The van der Waals surface area contributed by atoms with Gasteiger partial charge in [-0.15, -0.1) is 0 Å². The number of hydrogen-bond acceptors (Lipinski definition) is 4. The fourth-order valence-corrected chi connectivity index (χ4v) is 2.27. The van der Waals surface area contributed by atoms with E-state index in [1.807, 2.05) is 17.8 Å². The van der Waals surface area contributed by atoms with Gasteiger partial charge in [0.15, 0.2) is 11.5 Å². The summed E-state index contributed by atoms with van der Waals surface area (Å²) in [5.74, 6) is 1.71. The fourth-order valence-electron chi connectivity index (χ4n) is 1.92. The number of nitrogens with one attached hydrogen (secondary N) is 1. The molecule has 18 heavy (non-hydrogen) atoms. The van der Waals surface area contributed by atoms with Crippen molar-refractivity contribution in [2.24, 2.45) is 0 Å². The minimum absolute atomic E-state index is 0.339. The van der Waals surface area contributed by atoms with Gasteiger partial charge >= 0.3 is 0 Å². The summed E-state index contributed by atoms with van der Waals surface area (Å²) in [5.41, 5.74) is 1.25. The molecule has 1 heterocycles. The smallest absolute Gasteiger partial charge is 0.231 e. The molecule has 0 saturated carbocycles. The van der Waals surface area contributed by atoms with E-state index in [2.05, 4.69) is 37.6 Å². The lowest BCUT2D eigenvalue weighted by Gasteiger charge is -2.16. The molecule has 2 unspecified atom stereocenters. The molecular weight excluding hydrogens is 246 g/mol. The highest BCUT2D eigenvalue weighted by Crippen LogP contribution is 2.34. The Kier molecular flexibility index (Phi) is 4.78. The Balaban J connectivity index is 1.87. The van der Waals surface area contributed by atoms with Gasteiger partial charge in [-0.3, -0.25) is 0 Å². The third kappa shape index (κ3) is 3.33. The first-order valence-corrected chi connectivity index (χ1v) is 7.65. The largest absolute Gasteiger partial charge is 0.454 e. The number of rotatable bonds is 6. The summed E-state index contributed by atoms with van der Waals surface area (Å²) in [4.78, 5) is 0. The molecule has 1 aliphatic heterocycles. The van der Waals surface area contributed by atoms with Gasteiger partial charge in [-0.2, -0.15) is 11.8 Å². The molecule has 100 valence electrons. The zero-order chi connectivity index (χ0) is 13.0. The van der Waals surface area contributed by atoms with Crippen LogP contribution < -0.4 is 14.8 Å². The molecular formula is C14H21NO2S. The second-order valence-electron chi connectivity index (χ2n) is 4.62. The van der Waals surface area contributed by atoms with Crippen LogP contribution >= 0.6 is 11.8 Å². The highest BCUT2D eigenvalue weighted by molar-refractivity contribution is 7.99. The number of benzene rings is 1. The molecule has 4 heteroatoms. The van der Waals surface area contributed by atoms with E-state index in [4.69, 9.17) is 9.47 Å². The molecule has 0 fully saturated rings. The van der Waals surface area contributed by atoms with E-state index in [-0.39, 0.29) is 0 Å². The van der Waals surface area contributed by atoms with E-state index >= 15 is 0 Å². The van der Waals surface area contributed by atoms with E-state index in [1.54, 1.807) is 0 Å². The fraction of sp³-hybridized carbons (Fsp3) is 0.571. The molecule has 0 bridgehead atoms. The van der Waals surface area contributed by atoms with Crippen LogP contribution in [0.15, 0.2) is 18.2 Å². The van der Waals surface area contributed by atoms with Crippen molar-refractivity contribution in [1.29, 1.82) is 0 Å². The van der Waals surface area contributed by atoms with Gasteiger partial charge in [0.1, 0.15) is 0 Å². The van der Waals surface area contributed by atoms with Gasteiger partial charge < -0.3 is 14.8 Å². The summed E-state index contributed by atoms with van der Waals surface area (Å²) in [6.45, 7) is 5.82. The van der Waals surface area contributed by atoms with Crippen LogP contribution in [0.2, 0.25) is 0 Å². The number of hydrogen-bond donors (Lipinski definition) is 1. The minimum Gasteiger partial charge on any atom is -0.454 e. The number of fused-ring (bicyclic) bond motifs is 1. The normalized spacial score (nSPS) is 16.6. The number of ether oxygens (including phenoxy) is 2. The Hall–Kier alpha value is -0.870. The lowest BCUT2D eigenvalue weighted by atomic mass is 10.1. The second-order valence-corrected chi connectivity index (χ2v) is 5.90. The Bertz CT molecular complexity index is 397. The van der Waals surface area contributed by atoms with Gasteiger partial charge in [0, 0.05) is 11.3 Å². The SMILES string of the molecule is CSC(C)CCNC(C)c1ccc2c(c1)OCO2. The maximum absolute atomic E-state index is 5.40. The van der Waals surface area contributed by atoms with Gasteiger partial charge in [-0.05, 0) is 43.8 Å². The van der Waals surface area contributed by atoms with Crippen LogP contribution in [0.1, 0.15) is 31.9 Å². The Morgan fingerprint density at radius 2 is 2.06 bits per heavy atom. The van der Waals surface area contributed by atoms with E-state index in [9.17, 15) is 0 Å². The van der Waals surface area contributed by atoms with Crippen LogP contribution in [0.25, 0.3) is 0 Å². The van der Waals surface area contributed by atoms with Crippen molar-refractivity contribution < 1.29 is 9.47 Å². The molecule has 1 aromatic rings. The molecule has 2 rings (SSSR count). The summed E-state index contributed by atoms with van der Waals surface area (Å²) in [7, 11) is 0. The minimum atomic E-state index is 0.339. The van der Waals surface area contributed by atoms with E-state index in [0.717, 1.165) is 18.0 Å². The summed E-state index contributed by atoms with van der Waals surface area (Å²) in [6.07, 6.45) is 3.35. The zero-order valence-electron chi connectivity index (χ0n) is 11.2. The second kappa shape index (κ2) is 6.34. The van der Waals surface area contributed by atoms with Crippen LogP contribution in [-0.4, -0.2) is 24.8 Å². The molecule has 2 atom stereocenters. The van der Waals surface area contributed by atoms with Crippen molar-refractivity contribution in [3.63, 3.8) is 0 Å². The predicted molar refractivity (Wildman–Crippen MR) is 76.6 cm³/mol. The summed E-state index contributed by atoms with van der Waals surface area (Å²) < 4.78 is 10.7. The van der Waals surface area contributed by atoms with Crippen molar-refractivity contribution in [3.8, 4) is 11.5 Å². The molecule has 3 nitrogen and oxygen atoms in total. The topological polar surface area (TPSA) is 30.5 Å². The molecule has 1 aliphatic rings. The van der Waals surface area contributed by atoms with Gasteiger partial charge in [0.25, 0.3) is 0 Å². The zero-order valence-corrected chi connectivity index (χ0v) is 12.0. The molecule has 0 radical (unpaired) electrons. The van der Waals surface area contributed by atoms with Gasteiger partial charge in [0.2, 0.25) is 6.79 Å². The average Bonchev–Trinajstić information content (AvgIpc) is 2.85. The van der Waals surface area contributed by atoms with Crippen molar-refractivity contribution in [2.75, 3.05) is 19.6 Å². The first-order valence-electron chi connectivity index (χ1n) is 6.36. The van der Waals surface area contributed by atoms with Crippen LogP contribution in [0, 0.1) is 0 Å². The molecule has 0 amide bonds. The van der Waals surface area contributed by atoms with E-state index in [0.29, 0.717) is 18.1 Å². The Morgan fingerprint density at radius 3 is 2.83 bits per heavy atom. The van der Waals surface area contributed by atoms with Gasteiger partial charge in [-0.25, -0.2) is 0 Å². The number of thioether (sulfide) groups is 1. The lowest BCUT2D eigenvalue weighted by molar-refractivity contribution is 0.174. The molecule has 0 spiro atoms. The third-order valence-electron chi connectivity index (χ3n) is 3.30. The Labute approximate surface area is 113 Å². The van der Waals surface area contributed by atoms with Crippen LogP contribution in [0.4, 0.5) is 0 Å². The average molecular weight is 267 g/mol. The van der Waals surface area contributed by atoms with Crippen molar-refractivity contribution >= 4 is 11.8 Å². The molecule has 0 saturated heterocycles. The Morgan fingerprint density at radius 1 is 1.28 bits per heavy atom. The predicted octanol–water partition coefficient (Wildman–Crippen LogP) is 3.21. The van der Waals surface area contributed by atoms with Crippen molar-refractivity contribution in [1.82, 2.24) is 5.32 Å². The quantitative estimate of drug-likeness (QED) is 0.857. The van der Waals surface area contributed by atoms with Crippen LogP contribution in [-0.2, 0) is 0 Å². The first kappa shape index (κ1) is 13.6. The molecule has 0 aromatic heterocycles. The van der Waals surface area contributed by atoms with Gasteiger partial charge in [-0.1, -0.05) is 13.0 Å².